The van der Waals surface area contributed by atoms with Crippen molar-refractivity contribution in [1.82, 2.24) is 0 Å². The third-order valence-corrected chi connectivity index (χ3v) is 3.22. The van der Waals surface area contributed by atoms with E-state index in [2.05, 4.69) is 6.07 Å². The number of hydrogen-bond donors (Lipinski definition) is 1. The first-order chi connectivity index (χ1) is 6.68. The minimum absolute atomic E-state index is 0.0487. The maximum Gasteiger partial charge on any atom is 0.106 e. The second kappa shape index (κ2) is 3.59. The molecule has 0 aromatic carbocycles. The van der Waals surface area contributed by atoms with E-state index in [1.54, 1.807) is 11.3 Å². The lowest BCUT2D eigenvalue weighted by molar-refractivity contribution is 0.500. The zero-order chi connectivity index (χ0) is 10.1. The summed E-state index contributed by atoms with van der Waals surface area (Å²) >= 11 is 1.68. The van der Waals surface area contributed by atoms with Gasteiger partial charge in [0, 0.05) is 10.4 Å². The van der Waals surface area contributed by atoms with Crippen molar-refractivity contribution in [3.63, 3.8) is 0 Å². The molecule has 1 unspecified atom stereocenters. The Hall–Kier alpha value is -1.06. The van der Waals surface area contributed by atoms with Gasteiger partial charge in [-0.15, -0.1) is 11.3 Å². The van der Waals surface area contributed by atoms with Crippen LogP contribution in [0.4, 0.5) is 0 Å². The molecule has 2 heterocycles. The van der Waals surface area contributed by atoms with E-state index in [1.807, 2.05) is 31.4 Å². The lowest BCUT2D eigenvalue weighted by atomic mass is 10.1. The SMILES string of the molecule is Cc1cc(C(N)c2cccs2)c(C)o1. The largest absolute Gasteiger partial charge is 0.466 e. The van der Waals surface area contributed by atoms with Crippen molar-refractivity contribution in [2.45, 2.75) is 19.9 Å². The highest BCUT2D eigenvalue weighted by atomic mass is 32.1. The van der Waals surface area contributed by atoms with Crippen LogP contribution in [0.25, 0.3) is 0 Å². The van der Waals surface area contributed by atoms with Crippen molar-refractivity contribution in [1.29, 1.82) is 0 Å². The number of thiophene rings is 1. The van der Waals surface area contributed by atoms with E-state index < -0.39 is 0 Å². The lowest BCUT2D eigenvalue weighted by Gasteiger charge is -2.07. The zero-order valence-corrected chi connectivity index (χ0v) is 9.10. The fourth-order valence-electron chi connectivity index (χ4n) is 1.58. The summed E-state index contributed by atoms with van der Waals surface area (Å²) < 4.78 is 5.46. The summed E-state index contributed by atoms with van der Waals surface area (Å²) in [5.74, 6) is 1.84. The highest BCUT2D eigenvalue weighted by Crippen LogP contribution is 2.27. The van der Waals surface area contributed by atoms with E-state index in [0.717, 1.165) is 17.1 Å². The van der Waals surface area contributed by atoms with Crippen LogP contribution >= 0.6 is 11.3 Å². The molecule has 0 aliphatic carbocycles. The average molecular weight is 207 g/mol. The molecule has 0 bridgehead atoms. The number of furan rings is 1. The number of aryl methyl sites for hydroxylation is 2. The predicted octanol–water partition coefficient (Wildman–Crippen LogP) is 3.01. The van der Waals surface area contributed by atoms with E-state index in [9.17, 15) is 0 Å². The highest BCUT2D eigenvalue weighted by Gasteiger charge is 2.15. The van der Waals surface area contributed by atoms with Gasteiger partial charge in [0.05, 0.1) is 6.04 Å². The monoisotopic (exact) mass is 207 g/mol. The summed E-state index contributed by atoms with van der Waals surface area (Å²) in [4.78, 5) is 1.17. The summed E-state index contributed by atoms with van der Waals surface area (Å²) in [5.41, 5.74) is 7.21. The molecular weight excluding hydrogens is 194 g/mol. The van der Waals surface area contributed by atoms with Gasteiger partial charge in [0.25, 0.3) is 0 Å². The Bertz CT molecular complexity index is 416. The van der Waals surface area contributed by atoms with E-state index >= 15 is 0 Å². The van der Waals surface area contributed by atoms with E-state index in [1.165, 1.54) is 4.88 Å². The van der Waals surface area contributed by atoms with Crippen LogP contribution in [0.15, 0.2) is 28.0 Å². The molecule has 2 rings (SSSR count). The molecule has 0 saturated carbocycles. The van der Waals surface area contributed by atoms with Crippen molar-refractivity contribution >= 4 is 11.3 Å². The minimum Gasteiger partial charge on any atom is -0.466 e. The number of nitrogens with two attached hydrogens (primary N) is 1. The molecule has 1 atom stereocenters. The molecule has 0 fully saturated rings. The fraction of sp³-hybridized carbons (Fsp3) is 0.273. The average Bonchev–Trinajstić information content (AvgIpc) is 2.73. The molecule has 2 N–H and O–H groups in total. The molecule has 74 valence electrons. The van der Waals surface area contributed by atoms with E-state index in [4.69, 9.17) is 10.2 Å². The quantitative estimate of drug-likeness (QED) is 0.822. The topological polar surface area (TPSA) is 39.2 Å². The summed E-state index contributed by atoms with van der Waals surface area (Å²) in [6.45, 7) is 3.90. The van der Waals surface area contributed by atoms with Gasteiger partial charge in [-0.2, -0.15) is 0 Å². The van der Waals surface area contributed by atoms with Crippen molar-refractivity contribution in [2.75, 3.05) is 0 Å². The van der Waals surface area contributed by atoms with E-state index in [0.29, 0.717) is 0 Å². The van der Waals surface area contributed by atoms with Crippen LogP contribution in [0.1, 0.15) is 28.0 Å². The summed E-state index contributed by atoms with van der Waals surface area (Å²) in [6, 6.07) is 6.03. The molecular formula is C11H13NOS. The van der Waals surface area contributed by atoms with Gasteiger partial charge in [0.1, 0.15) is 11.5 Å². The Morgan fingerprint density at radius 1 is 1.43 bits per heavy atom. The van der Waals surface area contributed by atoms with Gasteiger partial charge < -0.3 is 10.2 Å². The van der Waals surface area contributed by atoms with Crippen molar-refractivity contribution in [3.05, 3.63) is 45.5 Å². The van der Waals surface area contributed by atoms with Gasteiger partial charge in [-0.05, 0) is 31.4 Å². The molecule has 0 amide bonds. The fourth-order valence-corrected chi connectivity index (χ4v) is 2.33. The summed E-state index contributed by atoms with van der Waals surface area (Å²) in [6.07, 6.45) is 0. The maximum absolute atomic E-state index is 6.13. The first-order valence-corrected chi connectivity index (χ1v) is 5.42. The van der Waals surface area contributed by atoms with Gasteiger partial charge in [0.2, 0.25) is 0 Å². The van der Waals surface area contributed by atoms with Crippen LogP contribution in [0.3, 0.4) is 0 Å². The Labute approximate surface area is 87.4 Å². The van der Waals surface area contributed by atoms with Crippen LogP contribution < -0.4 is 5.73 Å². The standard InChI is InChI=1S/C11H13NOS/c1-7-6-9(8(2)13-7)11(12)10-4-3-5-14-10/h3-6,11H,12H2,1-2H3. The Morgan fingerprint density at radius 2 is 2.21 bits per heavy atom. The molecule has 3 heteroatoms. The molecule has 14 heavy (non-hydrogen) atoms. The second-order valence-electron chi connectivity index (χ2n) is 3.36. The molecule has 0 aliphatic rings. The first-order valence-electron chi connectivity index (χ1n) is 4.54. The molecule has 2 aromatic heterocycles. The molecule has 0 aliphatic heterocycles. The van der Waals surface area contributed by atoms with E-state index in [-0.39, 0.29) is 6.04 Å². The van der Waals surface area contributed by atoms with Crippen LogP contribution in [0.5, 0.6) is 0 Å². The smallest absolute Gasteiger partial charge is 0.106 e. The van der Waals surface area contributed by atoms with Gasteiger partial charge in [-0.3, -0.25) is 0 Å². The summed E-state index contributed by atoms with van der Waals surface area (Å²) in [7, 11) is 0. The van der Waals surface area contributed by atoms with Crippen molar-refractivity contribution in [2.24, 2.45) is 5.73 Å². The van der Waals surface area contributed by atoms with Crippen LogP contribution in [-0.4, -0.2) is 0 Å². The molecule has 2 nitrogen and oxygen atoms in total. The minimum atomic E-state index is -0.0487. The highest BCUT2D eigenvalue weighted by molar-refractivity contribution is 7.10. The zero-order valence-electron chi connectivity index (χ0n) is 8.28. The number of hydrogen-bond acceptors (Lipinski definition) is 3. The van der Waals surface area contributed by atoms with Crippen molar-refractivity contribution in [3.8, 4) is 0 Å². The van der Waals surface area contributed by atoms with Gasteiger partial charge >= 0.3 is 0 Å². The molecule has 0 spiro atoms. The van der Waals surface area contributed by atoms with Crippen LogP contribution in [0.2, 0.25) is 0 Å². The third-order valence-electron chi connectivity index (χ3n) is 2.26. The lowest BCUT2D eigenvalue weighted by Crippen LogP contribution is -2.10. The second-order valence-corrected chi connectivity index (χ2v) is 4.34. The Kier molecular flexibility index (Phi) is 2.44. The maximum atomic E-state index is 6.13. The van der Waals surface area contributed by atoms with Gasteiger partial charge in [0.15, 0.2) is 0 Å². The number of rotatable bonds is 2. The summed E-state index contributed by atoms with van der Waals surface area (Å²) in [5, 5.41) is 2.04. The molecule has 2 aromatic rings. The third kappa shape index (κ3) is 1.61. The normalized spacial score (nSPS) is 13.1. The first kappa shape index (κ1) is 9.49. The molecule has 0 radical (unpaired) electrons. The van der Waals surface area contributed by atoms with Crippen LogP contribution in [-0.2, 0) is 0 Å². The molecule has 0 saturated heterocycles. The Morgan fingerprint density at radius 3 is 2.71 bits per heavy atom. The predicted molar refractivity (Wildman–Crippen MR) is 58.5 cm³/mol. The van der Waals surface area contributed by atoms with Gasteiger partial charge in [-0.25, -0.2) is 0 Å². The van der Waals surface area contributed by atoms with Gasteiger partial charge in [-0.1, -0.05) is 6.07 Å². The Balaban J connectivity index is 2.36. The van der Waals surface area contributed by atoms with Crippen LogP contribution in [0, 0.1) is 13.8 Å². The van der Waals surface area contributed by atoms with Crippen molar-refractivity contribution < 1.29 is 4.42 Å².